The molecule has 0 radical (unpaired) electrons. The number of hydrogen-bond acceptors (Lipinski definition) is 4. The molecule has 5 heteroatoms. The molecule has 2 aromatic carbocycles. The summed E-state index contributed by atoms with van der Waals surface area (Å²) in [4.78, 5) is 4.17. The van der Waals surface area contributed by atoms with Gasteiger partial charge in [-0.05, 0) is 41.0 Å². The number of rotatable bonds is 7. The summed E-state index contributed by atoms with van der Waals surface area (Å²) in [5.41, 5.74) is 6.29. The van der Waals surface area contributed by atoms with Crippen LogP contribution in [0.25, 0.3) is 22.4 Å². The lowest BCUT2D eigenvalue weighted by molar-refractivity contribution is 0.687. The van der Waals surface area contributed by atoms with Gasteiger partial charge in [0.2, 0.25) is 0 Å². The van der Waals surface area contributed by atoms with E-state index in [-0.39, 0.29) is 0 Å². The Balaban J connectivity index is 1.67. The van der Waals surface area contributed by atoms with Crippen molar-refractivity contribution >= 4 is 5.69 Å². The highest BCUT2D eigenvalue weighted by Gasteiger charge is 2.11. The standard InChI is InChI=1S/C24H21N5/c25-12-5-14-27-23-10-9-21(20-7-2-1-3-8-20)16-22(23)24-11-15-29(28-24)18-19-6-4-13-26-17-19/h1-4,6-11,13,15-17,27H,5,14,18H2. The number of benzene rings is 2. The van der Waals surface area contributed by atoms with Gasteiger partial charge in [0.05, 0.1) is 24.7 Å². The Labute approximate surface area is 170 Å². The van der Waals surface area contributed by atoms with Crippen LogP contribution in [0.2, 0.25) is 0 Å². The van der Waals surface area contributed by atoms with Crippen LogP contribution in [0.4, 0.5) is 5.69 Å². The second-order valence-corrected chi connectivity index (χ2v) is 6.72. The summed E-state index contributed by atoms with van der Waals surface area (Å²) in [6.07, 6.45) is 6.06. The lowest BCUT2D eigenvalue weighted by Gasteiger charge is -2.12. The molecule has 2 aromatic heterocycles. The Hall–Kier alpha value is -3.91. The average Bonchev–Trinajstić information content (AvgIpc) is 3.24. The second-order valence-electron chi connectivity index (χ2n) is 6.72. The van der Waals surface area contributed by atoms with Crippen molar-refractivity contribution in [2.75, 3.05) is 11.9 Å². The summed E-state index contributed by atoms with van der Waals surface area (Å²) in [6.45, 7) is 1.27. The number of hydrogen-bond donors (Lipinski definition) is 1. The van der Waals surface area contributed by atoms with Crippen molar-refractivity contribution in [2.45, 2.75) is 13.0 Å². The third-order valence-electron chi connectivity index (χ3n) is 4.66. The van der Waals surface area contributed by atoms with E-state index in [0.717, 1.165) is 33.6 Å². The first-order chi connectivity index (χ1) is 14.3. The molecule has 0 fully saturated rings. The van der Waals surface area contributed by atoms with E-state index < -0.39 is 0 Å². The van der Waals surface area contributed by atoms with Crippen LogP contribution in [0.15, 0.2) is 85.3 Å². The van der Waals surface area contributed by atoms with Gasteiger partial charge in [-0.15, -0.1) is 0 Å². The molecule has 1 N–H and O–H groups in total. The zero-order valence-electron chi connectivity index (χ0n) is 16.0. The SMILES string of the molecule is N#CCCNc1ccc(-c2ccccc2)cc1-c1ccn(Cc2cccnc2)n1. The van der Waals surface area contributed by atoms with Crippen LogP contribution in [-0.4, -0.2) is 21.3 Å². The van der Waals surface area contributed by atoms with Crippen molar-refractivity contribution in [3.8, 4) is 28.5 Å². The van der Waals surface area contributed by atoms with Crippen molar-refractivity contribution < 1.29 is 0 Å². The first kappa shape index (κ1) is 18.5. The molecule has 4 aromatic rings. The third-order valence-corrected chi connectivity index (χ3v) is 4.66. The molecule has 0 aliphatic heterocycles. The lowest BCUT2D eigenvalue weighted by atomic mass is 10.00. The van der Waals surface area contributed by atoms with E-state index in [1.54, 1.807) is 6.20 Å². The monoisotopic (exact) mass is 379 g/mol. The van der Waals surface area contributed by atoms with E-state index >= 15 is 0 Å². The zero-order chi connectivity index (χ0) is 19.9. The van der Waals surface area contributed by atoms with Crippen molar-refractivity contribution in [3.63, 3.8) is 0 Å². The highest BCUT2D eigenvalue weighted by molar-refractivity contribution is 5.81. The van der Waals surface area contributed by atoms with Gasteiger partial charge < -0.3 is 5.32 Å². The zero-order valence-corrected chi connectivity index (χ0v) is 16.0. The molecule has 0 unspecified atom stereocenters. The predicted octanol–water partition coefficient (Wildman–Crippen LogP) is 4.99. The smallest absolute Gasteiger partial charge is 0.0944 e. The first-order valence-electron chi connectivity index (χ1n) is 9.56. The molecule has 29 heavy (non-hydrogen) atoms. The molecule has 0 amide bonds. The molecule has 0 aliphatic carbocycles. The van der Waals surface area contributed by atoms with Crippen molar-refractivity contribution in [3.05, 3.63) is 90.9 Å². The Morgan fingerprint density at radius 3 is 2.66 bits per heavy atom. The molecule has 5 nitrogen and oxygen atoms in total. The normalized spacial score (nSPS) is 10.4. The van der Waals surface area contributed by atoms with Crippen LogP contribution in [-0.2, 0) is 6.54 Å². The summed E-state index contributed by atoms with van der Waals surface area (Å²) in [5, 5.41) is 17.0. The maximum atomic E-state index is 8.86. The predicted molar refractivity (Wildman–Crippen MR) is 115 cm³/mol. The fraction of sp³-hybridized carbons (Fsp3) is 0.125. The van der Waals surface area contributed by atoms with Gasteiger partial charge in [-0.2, -0.15) is 10.4 Å². The summed E-state index contributed by atoms with van der Waals surface area (Å²) in [5.74, 6) is 0. The summed E-state index contributed by atoms with van der Waals surface area (Å²) in [6, 6.07) is 24.8. The van der Waals surface area contributed by atoms with E-state index in [2.05, 4.69) is 46.7 Å². The van der Waals surface area contributed by atoms with Crippen LogP contribution in [0.5, 0.6) is 0 Å². The minimum absolute atomic E-state index is 0.454. The van der Waals surface area contributed by atoms with Crippen molar-refractivity contribution in [1.82, 2.24) is 14.8 Å². The van der Waals surface area contributed by atoms with Gasteiger partial charge in [0.25, 0.3) is 0 Å². The molecule has 0 aliphatic rings. The van der Waals surface area contributed by atoms with Gasteiger partial charge in [0.15, 0.2) is 0 Å². The maximum Gasteiger partial charge on any atom is 0.0944 e. The molecule has 0 atom stereocenters. The molecule has 0 bridgehead atoms. The number of nitrogens with zero attached hydrogens (tertiary/aromatic N) is 4. The van der Waals surface area contributed by atoms with E-state index in [9.17, 15) is 0 Å². The largest absolute Gasteiger partial charge is 0.383 e. The van der Waals surface area contributed by atoms with Crippen LogP contribution < -0.4 is 5.32 Å². The number of pyridine rings is 1. The van der Waals surface area contributed by atoms with Crippen LogP contribution in [0, 0.1) is 11.3 Å². The minimum atomic E-state index is 0.454. The Bertz CT molecular complexity index is 1110. The molecule has 0 saturated heterocycles. The van der Waals surface area contributed by atoms with Crippen LogP contribution in [0.1, 0.15) is 12.0 Å². The minimum Gasteiger partial charge on any atom is -0.383 e. The Morgan fingerprint density at radius 2 is 1.86 bits per heavy atom. The summed E-state index contributed by atoms with van der Waals surface area (Å²) < 4.78 is 1.92. The van der Waals surface area contributed by atoms with Gasteiger partial charge in [0.1, 0.15) is 0 Å². The topological polar surface area (TPSA) is 66.5 Å². The fourth-order valence-corrected chi connectivity index (χ4v) is 3.25. The van der Waals surface area contributed by atoms with E-state index in [0.29, 0.717) is 19.5 Å². The van der Waals surface area contributed by atoms with Crippen molar-refractivity contribution in [2.24, 2.45) is 0 Å². The van der Waals surface area contributed by atoms with Crippen LogP contribution in [0.3, 0.4) is 0 Å². The quantitative estimate of drug-likeness (QED) is 0.460. The number of nitrogens with one attached hydrogen (secondary N) is 1. The highest BCUT2D eigenvalue weighted by atomic mass is 15.3. The fourth-order valence-electron chi connectivity index (χ4n) is 3.25. The van der Waals surface area contributed by atoms with Gasteiger partial charge in [0, 0.05) is 36.4 Å². The molecular formula is C24H21N5. The number of nitriles is 1. The second kappa shape index (κ2) is 8.85. The third kappa shape index (κ3) is 4.50. The van der Waals surface area contributed by atoms with Crippen LogP contribution >= 0.6 is 0 Å². The number of aromatic nitrogens is 3. The summed E-state index contributed by atoms with van der Waals surface area (Å²) in [7, 11) is 0. The van der Waals surface area contributed by atoms with Gasteiger partial charge in [-0.1, -0.05) is 42.5 Å². The molecule has 4 rings (SSSR count). The molecule has 0 spiro atoms. The summed E-state index contributed by atoms with van der Waals surface area (Å²) >= 11 is 0. The van der Waals surface area contributed by atoms with Crippen molar-refractivity contribution in [1.29, 1.82) is 5.26 Å². The average molecular weight is 379 g/mol. The highest BCUT2D eigenvalue weighted by Crippen LogP contribution is 2.32. The molecule has 142 valence electrons. The Kier molecular flexibility index (Phi) is 5.63. The lowest BCUT2D eigenvalue weighted by Crippen LogP contribution is -2.03. The van der Waals surface area contributed by atoms with Gasteiger partial charge in [-0.25, -0.2) is 0 Å². The van der Waals surface area contributed by atoms with E-state index in [1.165, 1.54) is 0 Å². The van der Waals surface area contributed by atoms with Gasteiger partial charge in [-0.3, -0.25) is 9.67 Å². The van der Waals surface area contributed by atoms with E-state index in [1.807, 2.05) is 53.5 Å². The first-order valence-corrected chi connectivity index (χ1v) is 9.56. The molecular weight excluding hydrogens is 358 g/mol. The Morgan fingerprint density at radius 1 is 0.966 bits per heavy atom. The molecule has 0 saturated carbocycles. The molecule has 2 heterocycles. The number of anilines is 1. The maximum absolute atomic E-state index is 8.86. The van der Waals surface area contributed by atoms with Gasteiger partial charge >= 0.3 is 0 Å². The van der Waals surface area contributed by atoms with E-state index in [4.69, 9.17) is 10.4 Å².